The Morgan fingerprint density at radius 3 is 2.85 bits per heavy atom. The van der Waals surface area contributed by atoms with E-state index in [1.165, 1.54) is 14.2 Å². The SMILES string of the molecule is [2H]c1nc(C[S+]([O-])c2nc3c([2H])c([2H])c(OC([2H])(F)F)c([2H])c3[nH]2)c(OC)c(OC)c1[2H]. The summed E-state index contributed by atoms with van der Waals surface area (Å²) < 4.78 is 98.9. The van der Waals surface area contributed by atoms with Crippen molar-refractivity contribution in [2.45, 2.75) is 17.5 Å². The van der Waals surface area contributed by atoms with Gasteiger partial charge in [0.2, 0.25) is 0 Å². The Hall–Kier alpha value is -2.59. The summed E-state index contributed by atoms with van der Waals surface area (Å²) in [7, 11) is 2.54. The number of benzene rings is 1. The van der Waals surface area contributed by atoms with Gasteiger partial charge < -0.3 is 18.8 Å². The molecule has 3 rings (SSSR count). The average molecular weight is 389 g/mol. The molecule has 138 valence electrons. The number of alkyl halides is 2. The van der Waals surface area contributed by atoms with Gasteiger partial charge in [-0.15, -0.1) is 0 Å². The summed E-state index contributed by atoms with van der Waals surface area (Å²) in [6, 6.07) is -2.63. The highest BCUT2D eigenvalue weighted by atomic mass is 32.2. The number of fused-ring (bicyclic) bond motifs is 1. The Bertz CT molecular complexity index is 1190. The van der Waals surface area contributed by atoms with E-state index >= 15 is 0 Å². The van der Waals surface area contributed by atoms with Crippen molar-refractivity contribution in [3.05, 3.63) is 36.0 Å². The molecule has 3 aromatic rings. The Morgan fingerprint density at radius 1 is 1.35 bits per heavy atom. The predicted molar refractivity (Wildman–Crippen MR) is 90.2 cm³/mol. The summed E-state index contributed by atoms with van der Waals surface area (Å²) in [5.74, 6) is -1.46. The van der Waals surface area contributed by atoms with E-state index in [2.05, 4.69) is 19.7 Å². The van der Waals surface area contributed by atoms with Crippen LogP contribution in [0, 0.1) is 0 Å². The van der Waals surface area contributed by atoms with Crippen LogP contribution in [0.2, 0.25) is 0 Å². The summed E-state index contributed by atoms with van der Waals surface area (Å²) in [6.07, 6.45) is -0.446. The van der Waals surface area contributed by atoms with Crippen molar-refractivity contribution in [1.29, 1.82) is 0 Å². The van der Waals surface area contributed by atoms with Crippen LogP contribution in [0.25, 0.3) is 11.0 Å². The molecule has 0 aliphatic heterocycles. The molecule has 0 aliphatic carbocycles. The zero-order chi connectivity index (χ0) is 24.0. The van der Waals surface area contributed by atoms with Crippen molar-refractivity contribution >= 4 is 22.2 Å². The fourth-order valence-electron chi connectivity index (χ4n) is 2.06. The number of hydrogen-bond donors (Lipinski definition) is 1. The van der Waals surface area contributed by atoms with Crippen LogP contribution in [0.15, 0.2) is 35.5 Å². The highest BCUT2D eigenvalue weighted by Crippen LogP contribution is 2.31. The van der Waals surface area contributed by atoms with Crippen molar-refractivity contribution in [2.75, 3.05) is 14.2 Å². The minimum atomic E-state index is -4.43. The van der Waals surface area contributed by atoms with Crippen molar-refractivity contribution in [3.63, 3.8) is 0 Å². The Balaban J connectivity index is 2.05. The van der Waals surface area contributed by atoms with Gasteiger partial charge in [0.05, 0.1) is 32.1 Å². The molecule has 0 saturated heterocycles. The van der Waals surface area contributed by atoms with Crippen molar-refractivity contribution in [2.24, 2.45) is 0 Å². The van der Waals surface area contributed by atoms with E-state index in [9.17, 15) is 13.3 Å². The second-order valence-electron chi connectivity index (χ2n) is 4.65. The minimum Gasteiger partial charge on any atom is -0.609 e. The average Bonchev–Trinajstić information content (AvgIpc) is 3.17. The number of ether oxygens (including phenoxy) is 3. The van der Waals surface area contributed by atoms with E-state index in [4.69, 9.17) is 17.7 Å². The van der Waals surface area contributed by atoms with Crippen LogP contribution in [-0.4, -0.2) is 40.3 Å². The molecule has 1 unspecified atom stereocenters. The first-order valence-electron chi connectivity index (χ1n) is 9.92. The number of imidazole rings is 1. The fourth-order valence-corrected chi connectivity index (χ4v) is 3.05. The third-order valence-electron chi connectivity index (χ3n) is 3.11. The molecule has 0 spiro atoms. The number of aromatic amines is 1. The molecule has 0 aliphatic rings. The molecule has 10 heteroatoms. The van der Waals surface area contributed by atoms with Crippen LogP contribution < -0.4 is 14.2 Å². The third kappa shape index (κ3) is 3.81. The van der Waals surface area contributed by atoms with Crippen molar-refractivity contribution < 1.29 is 35.8 Å². The number of hydrogen-bond acceptors (Lipinski definition) is 6. The normalized spacial score (nSPS) is 16.0. The van der Waals surface area contributed by atoms with Gasteiger partial charge in [0.1, 0.15) is 11.4 Å². The van der Waals surface area contributed by atoms with Crippen LogP contribution in [0.4, 0.5) is 8.78 Å². The quantitative estimate of drug-likeness (QED) is 0.625. The highest BCUT2D eigenvalue weighted by Gasteiger charge is 2.22. The van der Waals surface area contributed by atoms with Gasteiger partial charge in [0, 0.05) is 29.4 Å². The molecule has 26 heavy (non-hydrogen) atoms. The number of pyridine rings is 1. The van der Waals surface area contributed by atoms with Gasteiger partial charge in [0.15, 0.2) is 18.6 Å². The molecule has 0 bridgehead atoms. The molecule has 0 fully saturated rings. The zero-order valence-electron chi connectivity index (χ0n) is 19.4. The molecular formula is C16H15F2N3O4S. The topological polar surface area (TPSA) is 92.3 Å². The van der Waals surface area contributed by atoms with E-state index in [1.54, 1.807) is 0 Å². The lowest BCUT2D eigenvalue weighted by molar-refractivity contribution is -0.0497. The lowest BCUT2D eigenvalue weighted by Gasteiger charge is -2.12. The highest BCUT2D eigenvalue weighted by molar-refractivity contribution is 7.90. The minimum absolute atomic E-state index is 0.0119. The van der Waals surface area contributed by atoms with Crippen LogP contribution in [0.1, 0.15) is 13.9 Å². The van der Waals surface area contributed by atoms with Gasteiger partial charge >= 0.3 is 11.7 Å². The van der Waals surface area contributed by atoms with Gasteiger partial charge in [-0.3, -0.25) is 9.97 Å². The fraction of sp³-hybridized carbons (Fsp3) is 0.250. The molecule has 2 heterocycles. The predicted octanol–water partition coefficient (Wildman–Crippen LogP) is 2.88. The lowest BCUT2D eigenvalue weighted by Crippen LogP contribution is -2.10. The third-order valence-corrected chi connectivity index (χ3v) is 4.27. The van der Waals surface area contributed by atoms with Gasteiger partial charge in [-0.1, -0.05) is 0 Å². The molecule has 1 aromatic carbocycles. The van der Waals surface area contributed by atoms with Crippen LogP contribution in [-0.2, 0) is 16.9 Å². The number of nitrogens with zero attached hydrogens (tertiary/aromatic N) is 2. The molecule has 0 saturated carbocycles. The standard InChI is InChI=1S/C16H15F2N3O4S/c1-23-13-5-6-19-12(14(13)24-2)8-26(22)16-20-10-4-3-9(25-15(17)18)7-11(10)21-16/h3-7,15H,8H2,1-2H3,(H,20,21)/i3D,4D,5D,6D,7D,15D. The van der Waals surface area contributed by atoms with Gasteiger partial charge in [-0.25, -0.2) is 0 Å². The molecule has 0 radical (unpaired) electrons. The molecule has 1 N–H and O–H groups in total. The molecule has 0 amide bonds. The summed E-state index contributed by atoms with van der Waals surface area (Å²) in [4.78, 5) is 10.3. The first-order chi connectivity index (χ1) is 14.9. The van der Waals surface area contributed by atoms with Gasteiger partial charge in [-0.2, -0.15) is 13.8 Å². The van der Waals surface area contributed by atoms with Gasteiger partial charge in [0.25, 0.3) is 0 Å². The Morgan fingerprint density at radius 2 is 2.15 bits per heavy atom. The molecule has 1 atom stereocenters. The van der Waals surface area contributed by atoms with E-state index in [0.717, 1.165) is 0 Å². The van der Waals surface area contributed by atoms with Crippen LogP contribution >= 0.6 is 0 Å². The number of halogens is 2. The van der Waals surface area contributed by atoms with E-state index < -0.39 is 47.8 Å². The number of nitrogens with one attached hydrogen (secondary N) is 1. The van der Waals surface area contributed by atoms with E-state index in [0.29, 0.717) is 0 Å². The smallest absolute Gasteiger partial charge is 0.387 e. The van der Waals surface area contributed by atoms with Gasteiger partial charge in [-0.05, 0) is 12.1 Å². The van der Waals surface area contributed by atoms with Crippen LogP contribution in [0.5, 0.6) is 17.2 Å². The first kappa shape index (κ1) is 11.9. The number of aromatic nitrogens is 3. The van der Waals surface area contributed by atoms with E-state index in [1.807, 2.05) is 0 Å². The molecular weight excluding hydrogens is 368 g/mol. The van der Waals surface area contributed by atoms with Crippen LogP contribution in [0.3, 0.4) is 0 Å². The second-order valence-corrected chi connectivity index (χ2v) is 6.02. The van der Waals surface area contributed by atoms with Crippen molar-refractivity contribution in [1.82, 2.24) is 15.0 Å². The maximum Gasteiger partial charge on any atom is 0.387 e. The summed E-state index contributed by atoms with van der Waals surface area (Å²) in [6.45, 7) is -4.43. The number of methoxy groups -OCH3 is 2. The zero-order valence-corrected chi connectivity index (χ0v) is 14.2. The summed E-state index contributed by atoms with van der Waals surface area (Å²) in [5, 5.41) is -0.263. The first-order valence-corrected chi connectivity index (χ1v) is 8.24. The van der Waals surface area contributed by atoms with Crippen molar-refractivity contribution in [3.8, 4) is 17.2 Å². The lowest BCUT2D eigenvalue weighted by atomic mass is 10.3. The summed E-state index contributed by atoms with van der Waals surface area (Å²) in [5.41, 5.74) is -0.543. The molecule has 2 aromatic heterocycles. The number of H-pyrrole nitrogens is 1. The maximum absolute atomic E-state index is 13.0. The maximum atomic E-state index is 13.0. The summed E-state index contributed by atoms with van der Waals surface area (Å²) >= 11 is -2.02. The second kappa shape index (κ2) is 7.75. The molecule has 7 nitrogen and oxygen atoms in total. The Labute approximate surface area is 158 Å². The Kier molecular flexibility index (Phi) is 3.55. The van der Waals surface area contributed by atoms with E-state index in [-0.39, 0.29) is 45.2 Å². The monoisotopic (exact) mass is 389 g/mol. The number of rotatable bonds is 7. The largest absolute Gasteiger partial charge is 0.609 e.